The largest absolute Gasteiger partial charge is 0.466 e. The van der Waals surface area contributed by atoms with Crippen molar-refractivity contribution in [2.24, 2.45) is 0 Å². The fourth-order valence-corrected chi connectivity index (χ4v) is 0.783. The number of ether oxygens (including phenoxy) is 2. The number of methoxy groups -OCH3 is 1. The Morgan fingerprint density at radius 3 is 2.73 bits per heavy atom. The van der Waals surface area contributed by atoms with Crippen LogP contribution in [-0.2, 0) is 14.3 Å². The van der Waals surface area contributed by atoms with Crippen LogP contribution in [-0.4, -0.2) is 30.6 Å². The molecule has 0 atom stereocenters. The van der Waals surface area contributed by atoms with E-state index in [1.165, 1.54) is 25.4 Å². The summed E-state index contributed by atoms with van der Waals surface area (Å²) in [4.78, 5) is 25.6. The zero-order valence-electron chi connectivity index (χ0n) is 8.10. The second kappa shape index (κ2) is 4.94. The first-order valence-electron chi connectivity index (χ1n) is 4.09. The van der Waals surface area contributed by atoms with Gasteiger partial charge in [-0.15, -0.1) is 0 Å². The normalized spacial score (nSPS) is 9.40. The Hall–Kier alpha value is -2.11. The molecule has 0 radical (unpaired) electrons. The maximum atomic E-state index is 11.2. The lowest BCUT2D eigenvalue weighted by Crippen LogP contribution is -2.15. The molecule has 0 aliphatic rings. The third-order valence-electron chi connectivity index (χ3n) is 1.54. The lowest BCUT2D eigenvalue weighted by molar-refractivity contribution is -0.144. The molecule has 0 saturated heterocycles. The van der Waals surface area contributed by atoms with Crippen LogP contribution in [0.2, 0.25) is 0 Å². The minimum Gasteiger partial charge on any atom is -0.466 e. The average molecular weight is 210 g/mol. The molecule has 0 saturated carbocycles. The monoisotopic (exact) mass is 210 g/mol. The molecule has 0 amide bonds. The van der Waals surface area contributed by atoms with Gasteiger partial charge in [-0.2, -0.15) is 0 Å². The van der Waals surface area contributed by atoms with E-state index in [-0.39, 0.29) is 5.69 Å². The SMILES string of the molecule is COC(=O)COC(=O)c1ccc(N)cn1. The highest BCUT2D eigenvalue weighted by molar-refractivity contribution is 5.88. The molecule has 1 heterocycles. The first-order chi connectivity index (χ1) is 7.13. The van der Waals surface area contributed by atoms with Gasteiger partial charge < -0.3 is 15.2 Å². The number of hydrogen-bond acceptors (Lipinski definition) is 6. The van der Waals surface area contributed by atoms with E-state index in [0.717, 1.165) is 0 Å². The van der Waals surface area contributed by atoms with Crippen LogP contribution in [0.4, 0.5) is 5.69 Å². The van der Waals surface area contributed by atoms with Crippen molar-refractivity contribution >= 4 is 17.6 Å². The minimum absolute atomic E-state index is 0.0908. The third-order valence-corrected chi connectivity index (χ3v) is 1.54. The van der Waals surface area contributed by atoms with Crippen LogP contribution in [0.1, 0.15) is 10.5 Å². The van der Waals surface area contributed by atoms with Crippen molar-refractivity contribution in [1.82, 2.24) is 4.98 Å². The molecular formula is C9H10N2O4. The number of nitrogen functional groups attached to an aromatic ring is 1. The zero-order valence-corrected chi connectivity index (χ0v) is 8.10. The van der Waals surface area contributed by atoms with E-state index < -0.39 is 18.5 Å². The van der Waals surface area contributed by atoms with E-state index in [0.29, 0.717) is 5.69 Å². The van der Waals surface area contributed by atoms with Gasteiger partial charge in [-0.25, -0.2) is 14.6 Å². The Morgan fingerprint density at radius 1 is 1.47 bits per heavy atom. The van der Waals surface area contributed by atoms with Crippen molar-refractivity contribution in [3.63, 3.8) is 0 Å². The predicted octanol–water partition coefficient (Wildman–Crippen LogP) is -0.00640. The Kier molecular flexibility index (Phi) is 3.61. The van der Waals surface area contributed by atoms with E-state index in [4.69, 9.17) is 5.73 Å². The van der Waals surface area contributed by atoms with Crippen LogP contribution in [0.15, 0.2) is 18.3 Å². The molecule has 1 rings (SSSR count). The molecule has 80 valence electrons. The summed E-state index contributed by atoms with van der Waals surface area (Å²) in [5.74, 6) is -1.32. The molecule has 1 aromatic heterocycles. The van der Waals surface area contributed by atoms with Gasteiger partial charge in [-0.1, -0.05) is 0 Å². The van der Waals surface area contributed by atoms with Crippen molar-refractivity contribution in [2.75, 3.05) is 19.5 Å². The second-order valence-electron chi connectivity index (χ2n) is 2.63. The van der Waals surface area contributed by atoms with Crippen LogP contribution in [0.3, 0.4) is 0 Å². The molecule has 0 bridgehead atoms. The maximum Gasteiger partial charge on any atom is 0.357 e. The molecule has 2 N–H and O–H groups in total. The Labute approximate surface area is 86.0 Å². The van der Waals surface area contributed by atoms with E-state index in [1.54, 1.807) is 0 Å². The molecule has 6 nitrogen and oxygen atoms in total. The summed E-state index contributed by atoms with van der Waals surface area (Å²) in [5, 5.41) is 0. The summed E-state index contributed by atoms with van der Waals surface area (Å²) in [5.41, 5.74) is 5.92. The summed E-state index contributed by atoms with van der Waals surface area (Å²) in [6.07, 6.45) is 1.33. The van der Waals surface area contributed by atoms with Crippen LogP contribution in [0.25, 0.3) is 0 Å². The molecule has 0 spiro atoms. The van der Waals surface area contributed by atoms with Gasteiger partial charge in [0.2, 0.25) is 0 Å². The van der Waals surface area contributed by atoms with E-state index >= 15 is 0 Å². The molecule has 0 aliphatic heterocycles. The lowest BCUT2D eigenvalue weighted by Gasteiger charge is -2.02. The van der Waals surface area contributed by atoms with Gasteiger partial charge in [0.25, 0.3) is 0 Å². The maximum absolute atomic E-state index is 11.2. The number of aromatic nitrogens is 1. The van der Waals surface area contributed by atoms with Crippen molar-refractivity contribution in [1.29, 1.82) is 0 Å². The van der Waals surface area contributed by atoms with Gasteiger partial charge in [0.05, 0.1) is 19.0 Å². The lowest BCUT2D eigenvalue weighted by atomic mass is 10.3. The average Bonchev–Trinajstić information content (AvgIpc) is 2.26. The van der Waals surface area contributed by atoms with E-state index in [9.17, 15) is 9.59 Å². The Balaban J connectivity index is 2.54. The Bertz CT molecular complexity index is 361. The van der Waals surface area contributed by atoms with Crippen LogP contribution < -0.4 is 5.73 Å². The fraction of sp³-hybridized carbons (Fsp3) is 0.222. The van der Waals surface area contributed by atoms with Crippen LogP contribution >= 0.6 is 0 Å². The summed E-state index contributed by atoms with van der Waals surface area (Å²) in [6.45, 7) is -0.429. The first kappa shape index (κ1) is 11.0. The number of hydrogen-bond donors (Lipinski definition) is 1. The highest BCUT2D eigenvalue weighted by atomic mass is 16.6. The summed E-state index contributed by atoms with van der Waals surface area (Å²) in [7, 11) is 1.21. The molecule has 0 aliphatic carbocycles. The number of carbonyl (C=O) groups excluding carboxylic acids is 2. The van der Waals surface area contributed by atoms with Crippen LogP contribution in [0.5, 0.6) is 0 Å². The van der Waals surface area contributed by atoms with Crippen LogP contribution in [0, 0.1) is 0 Å². The molecule has 15 heavy (non-hydrogen) atoms. The number of anilines is 1. The van der Waals surface area contributed by atoms with Gasteiger partial charge >= 0.3 is 11.9 Å². The smallest absolute Gasteiger partial charge is 0.357 e. The van der Waals surface area contributed by atoms with E-state index in [2.05, 4.69) is 14.5 Å². The number of pyridine rings is 1. The molecule has 6 heteroatoms. The van der Waals surface area contributed by atoms with Crippen molar-refractivity contribution in [2.45, 2.75) is 0 Å². The Morgan fingerprint density at radius 2 is 2.20 bits per heavy atom. The van der Waals surface area contributed by atoms with Crippen molar-refractivity contribution in [3.8, 4) is 0 Å². The highest BCUT2D eigenvalue weighted by Gasteiger charge is 2.10. The first-order valence-corrected chi connectivity index (χ1v) is 4.09. The summed E-state index contributed by atoms with van der Waals surface area (Å²) in [6, 6.07) is 2.93. The number of rotatable bonds is 3. The second-order valence-corrected chi connectivity index (χ2v) is 2.63. The standard InChI is InChI=1S/C9H10N2O4/c1-14-8(12)5-15-9(13)7-3-2-6(10)4-11-7/h2-4H,5,10H2,1H3. The molecule has 0 aromatic carbocycles. The summed E-state index contributed by atoms with van der Waals surface area (Å²) < 4.78 is 8.90. The van der Waals surface area contributed by atoms with Crippen molar-refractivity contribution in [3.05, 3.63) is 24.0 Å². The zero-order chi connectivity index (χ0) is 11.3. The quantitative estimate of drug-likeness (QED) is 0.705. The molecular weight excluding hydrogens is 200 g/mol. The number of nitrogens with two attached hydrogens (primary N) is 1. The fourth-order valence-electron chi connectivity index (χ4n) is 0.783. The molecule has 1 aromatic rings. The highest BCUT2D eigenvalue weighted by Crippen LogP contribution is 2.02. The molecule has 0 unspecified atom stereocenters. The number of nitrogens with zero attached hydrogens (tertiary/aromatic N) is 1. The third kappa shape index (κ3) is 3.26. The minimum atomic E-state index is -0.694. The van der Waals surface area contributed by atoms with Gasteiger partial charge in [-0.3, -0.25) is 0 Å². The van der Waals surface area contributed by atoms with E-state index in [1.807, 2.05) is 0 Å². The molecule has 0 fully saturated rings. The summed E-state index contributed by atoms with van der Waals surface area (Å²) >= 11 is 0. The van der Waals surface area contributed by atoms with Crippen molar-refractivity contribution < 1.29 is 19.1 Å². The van der Waals surface area contributed by atoms with Gasteiger partial charge in [0.1, 0.15) is 5.69 Å². The number of esters is 2. The number of carbonyl (C=O) groups is 2. The van der Waals surface area contributed by atoms with Gasteiger partial charge in [0.15, 0.2) is 6.61 Å². The topological polar surface area (TPSA) is 91.5 Å². The van der Waals surface area contributed by atoms with Gasteiger partial charge in [0, 0.05) is 0 Å². The van der Waals surface area contributed by atoms with Gasteiger partial charge in [-0.05, 0) is 12.1 Å². The predicted molar refractivity (Wildman–Crippen MR) is 50.9 cm³/mol.